The van der Waals surface area contributed by atoms with E-state index in [1.807, 2.05) is 6.08 Å². The maximum Gasteiger partial charge on any atom is 0.305 e. The van der Waals surface area contributed by atoms with Gasteiger partial charge in [-0.3, -0.25) is 9.59 Å². The number of hydrogen-bond acceptors (Lipinski definition) is 5. The van der Waals surface area contributed by atoms with Crippen LogP contribution in [0.3, 0.4) is 0 Å². The van der Waals surface area contributed by atoms with Crippen LogP contribution in [0.15, 0.2) is 24.3 Å². The summed E-state index contributed by atoms with van der Waals surface area (Å²) < 4.78 is 5.51. The lowest BCUT2D eigenvalue weighted by Crippen LogP contribution is -2.45. The third-order valence-corrected chi connectivity index (χ3v) is 17.0. The molecule has 0 heterocycles. The molecule has 0 saturated heterocycles. The summed E-state index contributed by atoms with van der Waals surface area (Å²) in [6.07, 6.45) is 87.0. The van der Waals surface area contributed by atoms with Crippen LogP contribution in [0, 0.1) is 0 Å². The molecule has 6 nitrogen and oxygen atoms in total. The summed E-state index contributed by atoms with van der Waals surface area (Å²) in [6.45, 7) is 4.93. The van der Waals surface area contributed by atoms with Crippen molar-refractivity contribution in [2.75, 3.05) is 13.2 Å². The summed E-state index contributed by atoms with van der Waals surface area (Å²) in [7, 11) is 0. The summed E-state index contributed by atoms with van der Waals surface area (Å²) in [5.41, 5.74) is 0. The zero-order chi connectivity index (χ0) is 57.1. The molecule has 0 bridgehead atoms. The summed E-state index contributed by atoms with van der Waals surface area (Å²) in [5, 5.41) is 23.1. The first-order valence-electron chi connectivity index (χ1n) is 36.1. The van der Waals surface area contributed by atoms with Gasteiger partial charge in [-0.1, -0.05) is 359 Å². The second-order valence-electron chi connectivity index (χ2n) is 24.9. The van der Waals surface area contributed by atoms with Crippen molar-refractivity contribution in [1.29, 1.82) is 0 Å². The summed E-state index contributed by atoms with van der Waals surface area (Å²) in [4.78, 5) is 24.6. The number of ether oxygens (including phenoxy) is 1. The minimum absolute atomic E-state index is 0.0181. The van der Waals surface area contributed by atoms with Gasteiger partial charge in [0.05, 0.1) is 25.4 Å². The Hall–Kier alpha value is -1.66. The van der Waals surface area contributed by atoms with Crippen LogP contribution < -0.4 is 5.32 Å². The highest BCUT2D eigenvalue weighted by Gasteiger charge is 2.18. The summed E-state index contributed by atoms with van der Waals surface area (Å²) >= 11 is 0. The third-order valence-electron chi connectivity index (χ3n) is 17.0. The van der Waals surface area contributed by atoms with Gasteiger partial charge in [0.15, 0.2) is 0 Å². The van der Waals surface area contributed by atoms with Crippen LogP contribution >= 0.6 is 0 Å². The van der Waals surface area contributed by atoms with E-state index in [1.165, 1.54) is 334 Å². The fourth-order valence-corrected chi connectivity index (χ4v) is 11.5. The standard InChI is InChI=1S/C73H141NO5/c1-3-5-7-9-11-13-15-17-18-19-36-39-43-47-51-55-59-63-67-73(78)79-68-64-60-56-52-48-44-40-37-34-32-30-28-26-24-22-20-21-23-25-27-29-31-33-35-38-42-46-50-54-58-62-66-72(77)74-70(69-75)71(76)65-61-57-53-49-45-41-16-14-12-10-8-6-4-2/h18-19,61,65,70-71,75-76H,3-17,20-60,62-64,66-69H2,1-2H3,(H,74,77)/b19-18-,65-61+. The maximum absolute atomic E-state index is 12.5. The van der Waals surface area contributed by atoms with Crippen LogP contribution in [-0.2, 0) is 14.3 Å². The van der Waals surface area contributed by atoms with Crippen molar-refractivity contribution in [3.63, 3.8) is 0 Å². The van der Waals surface area contributed by atoms with Gasteiger partial charge in [-0.25, -0.2) is 0 Å². The van der Waals surface area contributed by atoms with Crippen molar-refractivity contribution in [3.8, 4) is 0 Å². The number of carbonyl (C=O) groups excluding carboxylic acids is 2. The van der Waals surface area contributed by atoms with Crippen molar-refractivity contribution in [2.45, 2.75) is 418 Å². The molecule has 0 spiro atoms. The van der Waals surface area contributed by atoms with Gasteiger partial charge < -0.3 is 20.3 Å². The zero-order valence-electron chi connectivity index (χ0n) is 53.6. The molecule has 468 valence electrons. The second kappa shape index (κ2) is 68.8. The van der Waals surface area contributed by atoms with E-state index in [0.717, 1.165) is 44.9 Å². The van der Waals surface area contributed by atoms with Crippen molar-refractivity contribution in [1.82, 2.24) is 5.32 Å². The van der Waals surface area contributed by atoms with Crippen LogP contribution in [0.5, 0.6) is 0 Å². The molecule has 3 N–H and O–H groups in total. The lowest BCUT2D eigenvalue weighted by Gasteiger charge is -2.20. The molecule has 0 rings (SSSR count). The van der Waals surface area contributed by atoms with E-state index in [0.29, 0.717) is 19.4 Å². The minimum atomic E-state index is -0.840. The monoisotopic (exact) mass is 1110 g/mol. The van der Waals surface area contributed by atoms with Crippen LogP contribution in [0.1, 0.15) is 406 Å². The Labute approximate surface area is 494 Å². The van der Waals surface area contributed by atoms with E-state index in [1.54, 1.807) is 6.08 Å². The van der Waals surface area contributed by atoms with Crippen LogP contribution in [0.4, 0.5) is 0 Å². The first-order valence-corrected chi connectivity index (χ1v) is 36.1. The number of hydrogen-bond donors (Lipinski definition) is 3. The molecule has 0 aromatic heterocycles. The number of rotatable bonds is 68. The molecule has 79 heavy (non-hydrogen) atoms. The first kappa shape index (κ1) is 77.3. The number of aliphatic hydroxyl groups excluding tert-OH is 2. The Balaban J connectivity index is 3.32. The predicted octanol–water partition coefficient (Wildman–Crippen LogP) is 23.3. The number of amides is 1. The van der Waals surface area contributed by atoms with Crippen LogP contribution in [-0.4, -0.2) is 47.4 Å². The predicted molar refractivity (Wildman–Crippen MR) is 347 cm³/mol. The van der Waals surface area contributed by atoms with Crippen molar-refractivity contribution < 1.29 is 24.5 Å². The highest BCUT2D eigenvalue weighted by Crippen LogP contribution is 2.19. The van der Waals surface area contributed by atoms with E-state index in [2.05, 4.69) is 31.3 Å². The molecule has 2 unspecified atom stereocenters. The Bertz CT molecular complexity index is 1230. The number of carbonyl (C=O) groups is 2. The van der Waals surface area contributed by atoms with Crippen LogP contribution in [0.2, 0.25) is 0 Å². The SMILES string of the molecule is CCCCCCCCC/C=C\CCCCCCCCCC(=O)OCCCCCCCCCCCCCCCCCCCCCCCCCCCCCCCCCC(=O)NC(CO)C(O)/C=C/CCCCCCCCCCCCC. The number of nitrogens with one attached hydrogen (secondary N) is 1. The van der Waals surface area contributed by atoms with E-state index < -0.39 is 12.1 Å². The van der Waals surface area contributed by atoms with Gasteiger partial charge in [-0.2, -0.15) is 0 Å². The number of allylic oxidation sites excluding steroid dienone is 3. The summed E-state index contributed by atoms with van der Waals surface area (Å²) in [6, 6.07) is -0.623. The molecule has 0 aromatic carbocycles. The molecule has 0 aliphatic carbocycles. The molecule has 1 amide bonds. The normalized spacial score (nSPS) is 12.6. The van der Waals surface area contributed by atoms with Gasteiger partial charge >= 0.3 is 5.97 Å². The van der Waals surface area contributed by atoms with Gasteiger partial charge in [0.1, 0.15) is 0 Å². The van der Waals surface area contributed by atoms with Gasteiger partial charge in [0.25, 0.3) is 0 Å². The molecule has 0 aliphatic rings. The first-order chi connectivity index (χ1) is 39.0. The Morgan fingerprint density at radius 1 is 0.342 bits per heavy atom. The molecule has 6 heteroatoms. The number of esters is 1. The smallest absolute Gasteiger partial charge is 0.305 e. The van der Waals surface area contributed by atoms with Crippen molar-refractivity contribution in [2.24, 2.45) is 0 Å². The Morgan fingerprint density at radius 2 is 0.595 bits per heavy atom. The molecule has 0 saturated carbocycles. The lowest BCUT2D eigenvalue weighted by molar-refractivity contribution is -0.143. The second-order valence-corrected chi connectivity index (χ2v) is 24.9. The molecular weight excluding hydrogens is 971 g/mol. The van der Waals surface area contributed by atoms with Gasteiger partial charge in [0.2, 0.25) is 5.91 Å². The fourth-order valence-electron chi connectivity index (χ4n) is 11.5. The molecule has 0 radical (unpaired) electrons. The van der Waals surface area contributed by atoms with Crippen molar-refractivity contribution in [3.05, 3.63) is 24.3 Å². The average molecular weight is 1110 g/mol. The van der Waals surface area contributed by atoms with Gasteiger partial charge in [0, 0.05) is 12.8 Å². The summed E-state index contributed by atoms with van der Waals surface area (Å²) in [5.74, 6) is -0.0439. The van der Waals surface area contributed by atoms with Gasteiger partial charge in [-0.05, 0) is 57.8 Å². The van der Waals surface area contributed by atoms with E-state index >= 15 is 0 Å². The van der Waals surface area contributed by atoms with E-state index in [-0.39, 0.29) is 18.5 Å². The fraction of sp³-hybridized carbons (Fsp3) is 0.918. The number of aliphatic hydroxyl groups is 2. The Morgan fingerprint density at radius 3 is 0.899 bits per heavy atom. The van der Waals surface area contributed by atoms with E-state index in [4.69, 9.17) is 4.74 Å². The minimum Gasteiger partial charge on any atom is -0.466 e. The average Bonchev–Trinajstić information content (AvgIpc) is 3.45. The highest BCUT2D eigenvalue weighted by molar-refractivity contribution is 5.76. The largest absolute Gasteiger partial charge is 0.466 e. The van der Waals surface area contributed by atoms with Gasteiger partial charge in [-0.15, -0.1) is 0 Å². The molecule has 2 atom stereocenters. The van der Waals surface area contributed by atoms with E-state index in [9.17, 15) is 19.8 Å². The molecule has 0 aromatic rings. The Kier molecular flexibility index (Phi) is 67.4. The number of unbranched alkanes of at least 4 members (excludes halogenated alkanes) is 55. The lowest BCUT2D eigenvalue weighted by atomic mass is 10.0. The highest BCUT2D eigenvalue weighted by atomic mass is 16.5. The topological polar surface area (TPSA) is 95.9 Å². The quantitative estimate of drug-likeness (QED) is 0.0320. The maximum atomic E-state index is 12.5. The van der Waals surface area contributed by atoms with Crippen LogP contribution in [0.25, 0.3) is 0 Å². The molecule has 0 aliphatic heterocycles. The molecule has 0 fully saturated rings. The van der Waals surface area contributed by atoms with Crippen molar-refractivity contribution >= 4 is 11.9 Å². The molecular formula is C73H141NO5. The zero-order valence-corrected chi connectivity index (χ0v) is 53.6. The third kappa shape index (κ3) is 65.4.